The highest BCUT2D eigenvalue weighted by atomic mass is 19.1. The van der Waals surface area contributed by atoms with Crippen molar-refractivity contribution in [2.45, 2.75) is 19.4 Å². The molecule has 0 fully saturated rings. The number of esters is 1. The Morgan fingerprint density at radius 3 is 2.47 bits per heavy atom. The normalized spacial score (nSPS) is 11.8. The zero-order valence-corrected chi connectivity index (χ0v) is 17.9. The van der Waals surface area contributed by atoms with E-state index in [9.17, 15) is 28.7 Å². The highest BCUT2D eigenvalue weighted by Crippen LogP contribution is 2.22. The van der Waals surface area contributed by atoms with E-state index in [0.29, 0.717) is 11.1 Å². The van der Waals surface area contributed by atoms with Gasteiger partial charge in [-0.1, -0.05) is 30.3 Å². The number of hydrogen-bond donors (Lipinski definition) is 2. The number of rotatable bonds is 6. The first-order valence-electron chi connectivity index (χ1n) is 10.3. The monoisotopic (exact) mass is 462 g/mol. The SMILES string of the molecule is CC(c1ccccc1C(=O)O)n1c(=O)[nH]c2ccc(OC(=O)Cc3ccc(F)cc3)cc2c1=O. The number of aromatic nitrogens is 2. The fraction of sp³-hybridized carbons (Fsp3) is 0.120. The van der Waals surface area contributed by atoms with Gasteiger partial charge in [0, 0.05) is 0 Å². The Morgan fingerprint density at radius 2 is 1.76 bits per heavy atom. The van der Waals surface area contributed by atoms with Gasteiger partial charge in [0.1, 0.15) is 11.6 Å². The van der Waals surface area contributed by atoms with E-state index >= 15 is 0 Å². The molecule has 0 spiro atoms. The van der Waals surface area contributed by atoms with Crippen LogP contribution >= 0.6 is 0 Å². The maximum absolute atomic E-state index is 13.2. The first-order valence-corrected chi connectivity index (χ1v) is 10.3. The number of carboxylic acid groups (broad SMARTS) is 1. The number of carboxylic acids is 1. The van der Waals surface area contributed by atoms with E-state index in [1.54, 1.807) is 19.1 Å². The largest absolute Gasteiger partial charge is 0.478 e. The van der Waals surface area contributed by atoms with Crippen LogP contribution in [0, 0.1) is 5.82 Å². The molecule has 4 aromatic rings. The summed E-state index contributed by atoms with van der Waals surface area (Å²) in [5, 5.41) is 9.56. The molecule has 9 heteroatoms. The summed E-state index contributed by atoms with van der Waals surface area (Å²) in [6, 6.07) is 14.9. The minimum Gasteiger partial charge on any atom is -0.478 e. The summed E-state index contributed by atoms with van der Waals surface area (Å²) in [6.07, 6.45) is -0.100. The lowest BCUT2D eigenvalue weighted by Gasteiger charge is -2.17. The highest BCUT2D eigenvalue weighted by Gasteiger charge is 2.21. The molecule has 8 nitrogen and oxygen atoms in total. The van der Waals surface area contributed by atoms with Crippen molar-refractivity contribution in [1.82, 2.24) is 9.55 Å². The summed E-state index contributed by atoms with van der Waals surface area (Å²) in [4.78, 5) is 52.4. The van der Waals surface area contributed by atoms with Crippen LogP contribution in [0.2, 0.25) is 0 Å². The molecule has 3 aromatic carbocycles. The van der Waals surface area contributed by atoms with Crippen LogP contribution in [0.1, 0.15) is 34.5 Å². The average Bonchev–Trinajstić information content (AvgIpc) is 2.81. The molecule has 1 atom stereocenters. The molecule has 34 heavy (non-hydrogen) atoms. The zero-order valence-electron chi connectivity index (χ0n) is 17.9. The van der Waals surface area contributed by atoms with Crippen LogP contribution in [-0.2, 0) is 11.2 Å². The molecular weight excluding hydrogens is 443 g/mol. The summed E-state index contributed by atoms with van der Waals surface area (Å²) in [7, 11) is 0. The van der Waals surface area contributed by atoms with Gasteiger partial charge >= 0.3 is 17.6 Å². The van der Waals surface area contributed by atoms with Gasteiger partial charge in [-0.3, -0.25) is 14.2 Å². The zero-order chi connectivity index (χ0) is 24.4. The molecule has 172 valence electrons. The van der Waals surface area contributed by atoms with Crippen molar-refractivity contribution in [2.75, 3.05) is 0 Å². The van der Waals surface area contributed by atoms with E-state index in [-0.39, 0.29) is 28.6 Å². The summed E-state index contributed by atoms with van der Waals surface area (Å²) in [5.41, 5.74) is -0.295. The number of aromatic carboxylic acids is 1. The van der Waals surface area contributed by atoms with Gasteiger partial charge < -0.3 is 14.8 Å². The Morgan fingerprint density at radius 1 is 1.06 bits per heavy atom. The molecule has 1 aromatic heterocycles. The summed E-state index contributed by atoms with van der Waals surface area (Å²) in [6.45, 7) is 1.55. The third-order valence-electron chi connectivity index (χ3n) is 5.42. The van der Waals surface area contributed by atoms with E-state index in [4.69, 9.17) is 4.74 Å². The molecule has 0 aliphatic rings. The van der Waals surface area contributed by atoms with E-state index in [1.165, 1.54) is 54.6 Å². The van der Waals surface area contributed by atoms with E-state index in [1.807, 2.05) is 0 Å². The number of nitrogens with zero attached hydrogens (tertiary/aromatic N) is 1. The van der Waals surface area contributed by atoms with Crippen molar-refractivity contribution in [1.29, 1.82) is 0 Å². The van der Waals surface area contributed by atoms with Crippen molar-refractivity contribution < 1.29 is 23.8 Å². The summed E-state index contributed by atoms with van der Waals surface area (Å²) >= 11 is 0. The number of fused-ring (bicyclic) bond motifs is 1. The molecular formula is C25H19FN2O6. The van der Waals surface area contributed by atoms with E-state index in [2.05, 4.69) is 4.98 Å². The standard InChI is InChI=1S/C25H19FN2O6/c1-14(18-4-2-3-5-19(18)24(31)32)28-23(30)20-13-17(10-11-21(20)27-25(28)33)34-22(29)12-15-6-8-16(26)9-7-15/h2-11,13-14H,12H2,1H3,(H,27,33)(H,31,32). The third kappa shape index (κ3) is 4.49. The van der Waals surface area contributed by atoms with Crippen LogP contribution in [0.5, 0.6) is 5.75 Å². The Labute approximate surface area is 191 Å². The number of carbonyl (C=O) groups is 2. The molecule has 0 amide bonds. The molecule has 1 unspecified atom stereocenters. The first-order chi connectivity index (χ1) is 16.2. The Hall–Kier alpha value is -4.53. The van der Waals surface area contributed by atoms with Crippen molar-refractivity contribution in [3.05, 3.63) is 110 Å². The fourth-order valence-corrected chi connectivity index (χ4v) is 3.75. The molecule has 0 saturated carbocycles. The summed E-state index contributed by atoms with van der Waals surface area (Å²) < 4.78 is 19.3. The maximum atomic E-state index is 13.2. The minimum atomic E-state index is -1.18. The first kappa shape index (κ1) is 22.7. The predicted molar refractivity (Wildman–Crippen MR) is 122 cm³/mol. The van der Waals surface area contributed by atoms with E-state index in [0.717, 1.165) is 4.57 Å². The number of carbonyl (C=O) groups excluding carboxylic acids is 1. The molecule has 1 heterocycles. The molecule has 0 bridgehead atoms. The Bertz CT molecular complexity index is 1520. The van der Waals surface area contributed by atoms with Crippen LogP contribution in [0.3, 0.4) is 0 Å². The predicted octanol–water partition coefficient (Wildman–Crippen LogP) is 3.28. The second-order valence-corrected chi connectivity index (χ2v) is 7.66. The van der Waals surface area contributed by atoms with Crippen LogP contribution in [0.4, 0.5) is 4.39 Å². The van der Waals surface area contributed by atoms with Crippen molar-refractivity contribution in [2.24, 2.45) is 0 Å². The average molecular weight is 462 g/mol. The number of aromatic amines is 1. The van der Waals surface area contributed by atoms with Crippen LogP contribution in [0.25, 0.3) is 10.9 Å². The van der Waals surface area contributed by atoms with Gasteiger partial charge in [0.15, 0.2) is 0 Å². The second kappa shape index (κ2) is 9.14. The molecule has 0 saturated heterocycles. The lowest BCUT2D eigenvalue weighted by molar-refractivity contribution is -0.133. The van der Waals surface area contributed by atoms with Gasteiger partial charge in [-0.2, -0.15) is 0 Å². The summed E-state index contributed by atoms with van der Waals surface area (Å²) in [5.74, 6) is -2.12. The second-order valence-electron chi connectivity index (χ2n) is 7.66. The number of hydrogen-bond acceptors (Lipinski definition) is 5. The molecule has 2 N–H and O–H groups in total. The van der Waals surface area contributed by atoms with Gasteiger partial charge in [-0.15, -0.1) is 0 Å². The Balaban J connectivity index is 1.69. The van der Waals surface area contributed by atoms with Gasteiger partial charge in [0.2, 0.25) is 0 Å². The number of nitrogens with one attached hydrogen (secondary N) is 1. The van der Waals surface area contributed by atoms with Crippen molar-refractivity contribution in [3.8, 4) is 5.75 Å². The highest BCUT2D eigenvalue weighted by molar-refractivity contribution is 5.89. The van der Waals surface area contributed by atoms with Crippen LogP contribution < -0.4 is 16.0 Å². The lowest BCUT2D eigenvalue weighted by atomic mass is 10.0. The molecule has 0 aliphatic heterocycles. The minimum absolute atomic E-state index is 0.0233. The molecule has 0 radical (unpaired) electrons. The number of H-pyrrole nitrogens is 1. The van der Waals surface area contributed by atoms with Crippen LogP contribution in [-0.4, -0.2) is 26.6 Å². The molecule has 0 aliphatic carbocycles. The number of ether oxygens (including phenoxy) is 1. The fourth-order valence-electron chi connectivity index (χ4n) is 3.75. The quantitative estimate of drug-likeness (QED) is 0.335. The molecule has 4 rings (SSSR count). The number of halogens is 1. The van der Waals surface area contributed by atoms with Gasteiger partial charge in [-0.25, -0.2) is 14.0 Å². The van der Waals surface area contributed by atoms with Gasteiger partial charge in [0.05, 0.1) is 28.9 Å². The van der Waals surface area contributed by atoms with Gasteiger partial charge in [-0.05, 0) is 54.4 Å². The van der Waals surface area contributed by atoms with Crippen molar-refractivity contribution in [3.63, 3.8) is 0 Å². The van der Waals surface area contributed by atoms with E-state index < -0.39 is 35.0 Å². The smallest absolute Gasteiger partial charge is 0.336 e. The van der Waals surface area contributed by atoms with Gasteiger partial charge in [0.25, 0.3) is 5.56 Å². The maximum Gasteiger partial charge on any atom is 0.336 e. The Kier molecular flexibility index (Phi) is 6.09. The third-order valence-corrected chi connectivity index (χ3v) is 5.42. The lowest BCUT2D eigenvalue weighted by Crippen LogP contribution is -2.38. The topological polar surface area (TPSA) is 118 Å². The van der Waals surface area contributed by atoms with Crippen LogP contribution in [0.15, 0.2) is 76.3 Å². The number of benzene rings is 3. The van der Waals surface area contributed by atoms with Crippen molar-refractivity contribution >= 4 is 22.8 Å².